The zero-order chi connectivity index (χ0) is 12.7. The molecule has 1 aliphatic carbocycles. The summed E-state index contributed by atoms with van der Waals surface area (Å²) in [7, 11) is 1.61. The number of rotatable bonds is 2. The van der Waals surface area contributed by atoms with Crippen LogP contribution in [0.2, 0.25) is 0 Å². The zero-order valence-electron chi connectivity index (χ0n) is 10.4. The third-order valence-electron chi connectivity index (χ3n) is 4.12. The predicted molar refractivity (Wildman–Crippen MR) is 67.3 cm³/mol. The Labute approximate surface area is 106 Å². The lowest BCUT2D eigenvalue weighted by Crippen LogP contribution is -2.35. The maximum Gasteiger partial charge on any atom is 0.232 e. The van der Waals surface area contributed by atoms with Crippen molar-refractivity contribution in [1.29, 1.82) is 0 Å². The minimum absolute atomic E-state index is 0.0158. The summed E-state index contributed by atoms with van der Waals surface area (Å²) in [6.07, 6.45) is 2.24. The fourth-order valence-corrected chi connectivity index (χ4v) is 3.18. The standard InChI is InChI=1S/C14H17NO3/c1-18-10-7-5-9(6-8-10)15-13(16)11-3-2-4-12(11)14(15)17/h5-8,11-13,16H,2-4H2,1H3/t11-,12+,13?/m1/s1. The van der Waals surface area contributed by atoms with Crippen LogP contribution >= 0.6 is 0 Å². The molecule has 1 amide bonds. The number of amides is 1. The number of benzene rings is 1. The van der Waals surface area contributed by atoms with Crippen molar-refractivity contribution in [2.45, 2.75) is 25.5 Å². The zero-order valence-corrected chi connectivity index (χ0v) is 10.4. The number of carbonyl (C=O) groups excluding carboxylic acids is 1. The molecule has 0 aromatic heterocycles. The van der Waals surface area contributed by atoms with Crippen LogP contribution in [0.15, 0.2) is 24.3 Å². The van der Waals surface area contributed by atoms with Gasteiger partial charge in [0, 0.05) is 17.5 Å². The first-order valence-corrected chi connectivity index (χ1v) is 6.37. The molecule has 4 nitrogen and oxygen atoms in total. The summed E-state index contributed by atoms with van der Waals surface area (Å²) in [4.78, 5) is 13.8. The van der Waals surface area contributed by atoms with Gasteiger partial charge in [-0.05, 0) is 37.1 Å². The summed E-state index contributed by atoms with van der Waals surface area (Å²) in [5.74, 6) is 0.942. The molecule has 18 heavy (non-hydrogen) atoms. The first kappa shape index (κ1) is 11.5. The second-order valence-electron chi connectivity index (χ2n) is 5.02. The van der Waals surface area contributed by atoms with E-state index >= 15 is 0 Å². The van der Waals surface area contributed by atoms with Crippen LogP contribution in [-0.2, 0) is 4.79 Å². The van der Waals surface area contributed by atoms with Crippen molar-refractivity contribution >= 4 is 11.6 Å². The third kappa shape index (κ3) is 1.60. The summed E-state index contributed by atoms with van der Waals surface area (Å²) in [5.41, 5.74) is 0.753. The maximum absolute atomic E-state index is 12.3. The van der Waals surface area contributed by atoms with E-state index in [-0.39, 0.29) is 17.7 Å². The summed E-state index contributed by atoms with van der Waals surface area (Å²) in [5, 5.41) is 10.3. The molecule has 1 saturated carbocycles. The van der Waals surface area contributed by atoms with Gasteiger partial charge in [-0.15, -0.1) is 0 Å². The SMILES string of the molecule is COc1ccc(N2C(=O)[C@H]3CCC[C@H]3C2O)cc1. The molecule has 1 saturated heterocycles. The van der Waals surface area contributed by atoms with Crippen molar-refractivity contribution in [3.63, 3.8) is 0 Å². The number of aliphatic hydroxyl groups excluding tert-OH is 1. The smallest absolute Gasteiger partial charge is 0.232 e. The van der Waals surface area contributed by atoms with Crippen molar-refractivity contribution in [3.05, 3.63) is 24.3 Å². The third-order valence-corrected chi connectivity index (χ3v) is 4.12. The number of hydrogen-bond donors (Lipinski definition) is 1. The van der Waals surface area contributed by atoms with Crippen LogP contribution in [0.4, 0.5) is 5.69 Å². The van der Waals surface area contributed by atoms with Crippen LogP contribution in [0.5, 0.6) is 5.75 Å². The van der Waals surface area contributed by atoms with Gasteiger partial charge in [0.15, 0.2) is 0 Å². The van der Waals surface area contributed by atoms with Gasteiger partial charge in [0.1, 0.15) is 12.0 Å². The number of anilines is 1. The highest BCUT2D eigenvalue weighted by Gasteiger charge is 2.49. The molecular weight excluding hydrogens is 230 g/mol. The van der Waals surface area contributed by atoms with Crippen molar-refractivity contribution in [2.75, 3.05) is 12.0 Å². The lowest BCUT2D eigenvalue weighted by Gasteiger charge is -2.23. The van der Waals surface area contributed by atoms with E-state index < -0.39 is 6.23 Å². The van der Waals surface area contributed by atoms with E-state index in [1.54, 1.807) is 7.11 Å². The van der Waals surface area contributed by atoms with Gasteiger partial charge in [-0.3, -0.25) is 9.69 Å². The molecule has 1 N–H and O–H groups in total. The van der Waals surface area contributed by atoms with Crippen molar-refractivity contribution in [1.82, 2.24) is 0 Å². The van der Waals surface area contributed by atoms with Gasteiger partial charge in [-0.25, -0.2) is 0 Å². The highest BCUT2D eigenvalue weighted by Crippen LogP contribution is 2.43. The minimum Gasteiger partial charge on any atom is -0.497 e. The topological polar surface area (TPSA) is 49.8 Å². The monoisotopic (exact) mass is 247 g/mol. The van der Waals surface area contributed by atoms with Gasteiger partial charge in [-0.2, -0.15) is 0 Å². The van der Waals surface area contributed by atoms with Crippen LogP contribution in [0.3, 0.4) is 0 Å². The molecule has 1 unspecified atom stereocenters. The van der Waals surface area contributed by atoms with E-state index in [1.165, 1.54) is 4.90 Å². The van der Waals surface area contributed by atoms with Crippen LogP contribution < -0.4 is 9.64 Å². The van der Waals surface area contributed by atoms with Crippen LogP contribution in [0, 0.1) is 11.8 Å². The Bertz CT molecular complexity index is 457. The summed E-state index contributed by atoms with van der Waals surface area (Å²) < 4.78 is 5.09. The van der Waals surface area contributed by atoms with E-state index in [1.807, 2.05) is 24.3 Å². The van der Waals surface area contributed by atoms with Gasteiger partial charge in [0.2, 0.25) is 5.91 Å². The van der Waals surface area contributed by atoms with Crippen LogP contribution in [-0.4, -0.2) is 24.4 Å². The molecule has 96 valence electrons. The number of methoxy groups -OCH3 is 1. The van der Waals surface area contributed by atoms with Gasteiger partial charge < -0.3 is 9.84 Å². The summed E-state index contributed by atoms with van der Waals surface area (Å²) >= 11 is 0. The quantitative estimate of drug-likeness (QED) is 0.866. The number of carbonyl (C=O) groups is 1. The largest absolute Gasteiger partial charge is 0.497 e. The molecule has 3 atom stereocenters. The average Bonchev–Trinajstić information content (AvgIpc) is 2.95. The highest BCUT2D eigenvalue weighted by atomic mass is 16.5. The molecule has 4 heteroatoms. The van der Waals surface area contributed by atoms with E-state index in [2.05, 4.69) is 0 Å². The average molecular weight is 247 g/mol. The highest BCUT2D eigenvalue weighted by molar-refractivity contribution is 5.98. The van der Waals surface area contributed by atoms with Crippen molar-refractivity contribution in [3.8, 4) is 5.75 Å². The fourth-order valence-electron chi connectivity index (χ4n) is 3.18. The Morgan fingerprint density at radius 3 is 2.61 bits per heavy atom. The van der Waals surface area contributed by atoms with Gasteiger partial charge in [0.25, 0.3) is 0 Å². The number of nitrogens with zero attached hydrogens (tertiary/aromatic N) is 1. The number of ether oxygens (including phenoxy) is 1. The lowest BCUT2D eigenvalue weighted by molar-refractivity contribution is -0.120. The first-order valence-electron chi connectivity index (χ1n) is 6.37. The molecule has 0 spiro atoms. The van der Waals surface area contributed by atoms with E-state index in [0.717, 1.165) is 30.7 Å². The molecule has 0 radical (unpaired) electrons. The molecule has 3 rings (SSSR count). The molecular formula is C14H17NO3. The molecule has 2 fully saturated rings. The second-order valence-corrected chi connectivity index (χ2v) is 5.02. The molecule has 2 aliphatic rings. The van der Waals surface area contributed by atoms with E-state index in [4.69, 9.17) is 4.74 Å². The maximum atomic E-state index is 12.3. The molecule has 1 aliphatic heterocycles. The Kier molecular flexibility index (Phi) is 2.74. The van der Waals surface area contributed by atoms with Gasteiger partial charge >= 0.3 is 0 Å². The molecule has 1 aromatic carbocycles. The summed E-state index contributed by atoms with van der Waals surface area (Å²) in [6, 6.07) is 7.26. The van der Waals surface area contributed by atoms with Crippen molar-refractivity contribution < 1.29 is 14.6 Å². The Hall–Kier alpha value is -1.55. The number of aliphatic hydroxyl groups is 1. The number of fused-ring (bicyclic) bond motifs is 1. The Morgan fingerprint density at radius 1 is 1.28 bits per heavy atom. The Morgan fingerprint density at radius 2 is 2.00 bits per heavy atom. The van der Waals surface area contributed by atoms with Crippen LogP contribution in [0.1, 0.15) is 19.3 Å². The molecule has 1 aromatic rings. The molecule has 0 bridgehead atoms. The predicted octanol–water partition coefficient (Wildman–Crippen LogP) is 1.78. The Balaban J connectivity index is 1.89. The molecule has 1 heterocycles. The normalized spacial score (nSPS) is 30.7. The second kappa shape index (κ2) is 4.28. The lowest BCUT2D eigenvalue weighted by atomic mass is 9.99. The van der Waals surface area contributed by atoms with E-state index in [9.17, 15) is 9.90 Å². The first-order chi connectivity index (χ1) is 8.72. The van der Waals surface area contributed by atoms with Crippen molar-refractivity contribution in [2.24, 2.45) is 11.8 Å². The van der Waals surface area contributed by atoms with E-state index in [0.29, 0.717) is 0 Å². The summed E-state index contributed by atoms with van der Waals surface area (Å²) in [6.45, 7) is 0. The van der Waals surface area contributed by atoms with Crippen LogP contribution in [0.25, 0.3) is 0 Å². The van der Waals surface area contributed by atoms with Gasteiger partial charge in [-0.1, -0.05) is 6.42 Å². The number of hydrogen-bond acceptors (Lipinski definition) is 3. The van der Waals surface area contributed by atoms with Gasteiger partial charge in [0.05, 0.1) is 7.11 Å². The minimum atomic E-state index is -0.668. The fraction of sp³-hybridized carbons (Fsp3) is 0.500.